The standard InChI is InChI=1S/C16H13N3O5S/c1-24-9-2-4-10(5-3-9)25(22,23)14-7-6-12(19-21)15-11(14)8-13(18-15)16(17)20/h2-8,18H,1H3,(H2,17,20). The lowest BCUT2D eigenvalue weighted by Crippen LogP contribution is -2.10. The summed E-state index contributed by atoms with van der Waals surface area (Å²) >= 11 is 0. The Morgan fingerprint density at radius 2 is 1.84 bits per heavy atom. The highest BCUT2D eigenvalue weighted by Crippen LogP contribution is 2.34. The number of amides is 1. The number of ether oxygens (including phenoxy) is 1. The van der Waals surface area contributed by atoms with Gasteiger partial charge in [0.15, 0.2) is 0 Å². The number of carbonyl (C=O) groups is 1. The van der Waals surface area contributed by atoms with Crippen LogP contribution in [0.4, 0.5) is 5.69 Å². The molecule has 0 bridgehead atoms. The van der Waals surface area contributed by atoms with Crippen LogP contribution in [0.3, 0.4) is 0 Å². The quantitative estimate of drug-likeness (QED) is 0.676. The zero-order valence-electron chi connectivity index (χ0n) is 13.0. The Hall–Kier alpha value is -3.20. The van der Waals surface area contributed by atoms with E-state index >= 15 is 0 Å². The van der Waals surface area contributed by atoms with Crippen LogP contribution >= 0.6 is 0 Å². The predicted molar refractivity (Wildman–Crippen MR) is 90.7 cm³/mol. The van der Waals surface area contributed by atoms with Gasteiger partial charge in [0.2, 0.25) is 9.84 Å². The average molecular weight is 359 g/mol. The Morgan fingerprint density at radius 1 is 1.16 bits per heavy atom. The summed E-state index contributed by atoms with van der Waals surface area (Å²) in [5, 5.41) is 3.01. The first kappa shape index (κ1) is 16.7. The molecule has 3 rings (SSSR count). The molecule has 8 nitrogen and oxygen atoms in total. The third-order valence-corrected chi connectivity index (χ3v) is 5.58. The lowest BCUT2D eigenvalue weighted by atomic mass is 10.2. The average Bonchev–Trinajstić information content (AvgIpc) is 3.06. The number of benzene rings is 2. The van der Waals surface area contributed by atoms with E-state index in [-0.39, 0.29) is 32.1 Å². The van der Waals surface area contributed by atoms with E-state index in [4.69, 9.17) is 10.5 Å². The molecule has 1 aromatic heterocycles. The van der Waals surface area contributed by atoms with Crippen molar-refractivity contribution < 1.29 is 17.9 Å². The van der Waals surface area contributed by atoms with Crippen LogP contribution in [0.25, 0.3) is 10.9 Å². The largest absolute Gasteiger partial charge is 0.497 e. The van der Waals surface area contributed by atoms with Gasteiger partial charge < -0.3 is 15.5 Å². The molecule has 0 aliphatic rings. The van der Waals surface area contributed by atoms with Crippen LogP contribution in [-0.2, 0) is 9.84 Å². The minimum atomic E-state index is -3.90. The fourth-order valence-corrected chi connectivity index (χ4v) is 3.95. The minimum Gasteiger partial charge on any atom is -0.497 e. The van der Waals surface area contributed by atoms with Crippen LogP contribution in [0.2, 0.25) is 0 Å². The second kappa shape index (κ2) is 6.02. The van der Waals surface area contributed by atoms with Gasteiger partial charge >= 0.3 is 0 Å². The Morgan fingerprint density at radius 3 is 2.40 bits per heavy atom. The van der Waals surface area contributed by atoms with Crippen molar-refractivity contribution in [1.82, 2.24) is 4.98 Å². The van der Waals surface area contributed by atoms with Crippen molar-refractivity contribution in [3.63, 3.8) is 0 Å². The van der Waals surface area contributed by atoms with Crippen molar-refractivity contribution >= 4 is 32.3 Å². The zero-order chi connectivity index (χ0) is 18.2. The number of hydrogen-bond donors (Lipinski definition) is 2. The molecule has 0 radical (unpaired) electrons. The fourth-order valence-electron chi connectivity index (χ4n) is 2.50. The van der Waals surface area contributed by atoms with Crippen molar-refractivity contribution in [3.05, 3.63) is 53.1 Å². The van der Waals surface area contributed by atoms with Crippen molar-refractivity contribution in [2.24, 2.45) is 10.9 Å². The minimum absolute atomic E-state index is 0.0164. The molecule has 0 fully saturated rings. The number of hydrogen-bond acceptors (Lipinski definition) is 6. The van der Waals surface area contributed by atoms with Crippen molar-refractivity contribution in [2.45, 2.75) is 9.79 Å². The van der Waals surface area contributed by atoms with Gasteiger partial charge in [0.05, 0.1) is 22.4 Å². The first-order valence-electron chi connectivity index (χ1n) is 7.06. The Balaban J connectivity index is 2.26. The molecule has 1 amide bonds. The second-order valence-corrected chi connectivity index (χ2v) is 7.11. The van der Waals surface area contributed by atoms with Gasteiger partial charge in [0.25, 0.3) is 5.91 Å². The predicted octanol–water partition coefficient (Wildman–Crippen LogP) is 2.51. The van der Waals surface area contributed by atoms with Gasteiger partial charge in [-0.15, -0.1) is 4.91 Å². The van der Waals surface area contributed by atoms with Crippen molar-refractivity contribution in [3.8, 4) is 5.75 Å². The van der Waals surface area contributed by atoms with Gasteiger partial charge in [-0.1, -0.05) is 0 Å². The number of carbonyl (C=O) groups excluding carboxylic acids is 1. The highest BCUT2D eigenvalue weighted by Gasteiger charge is 2.23. The van der Waals surface area contributed by atoms with Gasteiger partial charge in [-0.25, -0.2) is 8.42 Å². The number of aromatic nitrogens is 1. The maximum Gasteiger partial charge on any atom is 0.265 e. The molecule has 25 heavy (non-hydrogen) atoms. The number of H-pyrrole nitrogens is 1. The molecule has 1 heterocycles. The number of rotatable bonds is 5. The number of aromatic amines is 1. The van der Waals surface area contributed by atoms with Gasteiger partial charge in [0, 0.05) is 5.39 Å². The van der Waals surface area contributed by atoms with Crippen molar-refractivity contribution in [2.75, 3.05) is 7.11 Å². The summed E-state index contributed by atoms with van der Waals surface area (Å²) in [5.41, 5.74) is 5.33. The number of nitroso groups, excluding NO2 is 1. The Bertz CT molecular complexity index is 1080. The van der Waals surface area contributed by atoms with E-state index in [1.54, 1.807) is 0 Å². The molecule has 128 valence electrons. The number of methoxy groups -OCH3 is 1. The Labute approximate surface area is 142 Å². The number of nitrogens with two attached hydrogens (primary N) is 1. The molecular formula is C16H13N3O5S. The smallest absolute Gasteiger partial charge is 0.265 e. The second-order valence-electron chi connectivity index (χ2n) is 5.19. The first-order chi connectivity index (χ1) is 11.9. The molecule has 0 aliphatic heterocycles. The maximum atomic E-state index is 12.9. The first-order valence-corrected chi connectivity index (χ1v) is 8.55. The van der Waals surface area contributed by atoms with Crippen LogP contribution in [0.1, 0.15) is 10.5 Å². The zero-order valence-corrected chi connectivity index (χ0v) is 13.8. The van der Waals surface area contributed by atoms with E-state index in [1.807, 2.05) is 0 Å². The SMILES string of the molecule is COc1ccc(S(=O)(=O)c2ccc(N=O)c3[nH]c(C(N)=O)cc23)cc1. The van der Waals surface area contributed by atoms with Crippen molar-refractivity contribution in [1.29, 1.82) is 0 Å². The molecule has 9 heteroatoms. The number of fused-ring (bicyclic) bond motifs is 1. The lowest BCUT2D eigenvalue weighted by molar-refractivity contribution is 0.0996. The molecule has 3 aromatic rings. The third kappa shape index (κ3) is 2.74. The highest BCUT2D eigenvalue weighted by molar-refractivity contribution is 7.91. The van der Waals surface area contributed by atoms with Crippen LogP contribution in [0.5, 0.6) is 5.75 Å². The van der Waals surface area contributed by atoms with E-state index < -0.39 is 15.7 Å². The number of nitrogens with one attached hydrogen (secondary N) is 1. The Kier molecular flexibility index (Phi) is 4.01. The molecule has 0 aliphatic carbocycles. The molecule has 0 unspecified atom stereocenters. The summed E-state index contributed by atoms with van der Waals surface area (Å²) in [6, 6.07) is 9.71. The van der Waals surface area contributed by atoms with Gasteiger partial charge in [-0.2, -0.15) is 0 Å². The topological polar surface area (TPSA) is 132 Å². The molecule has 0 saturated heterocycles. The molecule has 2 aromatic carbocycles. The maximum absolute atomic E-state index is 12.9. The molecule has 0 atom stereocenters. The normalized spacial score (nSPS) is 11.4. The van der Waals surface area contributed by atoms with E-state index in [1.165, 1.54) is 49.6 Å². The molecule has 0 spiro atoms. The van der Waals surface area contributed by atoms with E-state index in [2.05, 4.69) is 10.2 Å². The fraction of sp³-hybridized carbons (Fsp3) is 0.0625. The van der Waals surface area contributed by atoms with E-state index in [0.717, 1.165) is 0 Å². The summed E-state index contributed by atoms with van der Waals surface area (Å²) in [6.07, 6.45) is 0. The lowest BCUT2D eigenvalue weighted by Gasteiger charge is -2.07. The van der Waals surface area contributed by atoms with Gasteiger partial charge in [0.1, 0.15) is 17.1 Å². The van der Waals surface area contributed by atoms with Crippen LogP contribution in [0, 0.1) is 4.91 Å². The van der Waals surface area contributed by atoms with Gasteiger partial charge in [-0.05, 0) is 47.6 Å². The van der Waals surface area contributed by atoms with Crippen LogP contribution in [0.15, 0.2) is 57.4 Å². The molecule has 0 saturated carbocycles. The summed E-state index contributed by atoms with van der Waals surface area (Å²) < 4.78 is 30.9. The summed E-state index contributed by atoms with van der Waals surface area (Å²) in [7, 11) is -2.42. The third-order valence-electron chi connectivity index (χ3n) is 3.75. The van der Waals surface area contributed by atoms with Crippen LogP contribution < -0.4 is 10.5 Å². The summed E-state index contributed by atoms with van der Waals surface area (Å²) in [4.78, 5) is 25.0. The monoisotopic (exact) mass is 359 g/mol. The number of primary amides is 1. The molecule has 3 N–H and O–H groups in total. The van der Waals surface area contributed by atoms with E-state index in [0.29, 0.717) is 5.75 Å². The number of nitrogens with zero attached hydrogens (tertiary/aromatic N) is 1. The number of sulfone groups is 1. The van der Waals surface area contributed by atoms with E-state index in [9.17, 15) is 18.1 Å². The van der Waals surface area contributed by atoms with Crippen LogP contribution in [-0.4, -0.2) is 26.4 Å². The van der Waals surface area contributed by atoms with Gasteiger partial charge in [-0.3, -0.25) is 4.79 Å². The highest BCUT2D eigenvalue weighted by atomic mass is 32.2. The molecular weight excluding hydrogens is 346 g/mol. The summed E-state index contributed by atoms with van der Waals surface area (Å²) in [6.45, 7) is 0. The summed E-state index contributed by atoms with van der Waals surface area (Å²) in [5.74, 6) is -0.261.